The topological polar surface area (TPSA) is 41.1 Å². The molecule has 0 saturated carbocycles. The standard InChI is InChI=1S/C6H12O.C4H10N2.C2H6.C2H4/c1-4-6(7)5(2)3;1-2-6-4-3-5-1;2*1-2/h5H,4H2,1-3H3;5-6H,1-4H2;1-2H3;1-2H2. The molecule has 3 nitrogen and oxygen atoms in total. The first-order valence-corrected chi connectivity index (χ1v) is 6.62. The molecule has 1 saturated heterocycles. The van der Waals surface area contributed by atoms with Gasteiger partial charge in [-0.1, -0.05) is 34.6 Å². The first kappa shape index (κ1) is 21.6. The summed E-state index contributed by atoms with van der Waals surface area (Å²) in [5.41, 5.74) is 0. The van der Waals surface area contributed by atoms with Gasteiger partial charge in [-0.15, -0.1) is 13.2 Å². The number of carbonyl (C=O) groups excluding carboxylic acids is 1. The summed E-state index contributed by atoms with van der Waals surface area (Å²) in [7, 11) is 0. The molecule has 0 aromatic heterocycles. The van der Waals surface area contributed by atoms with Gasteiger partial charge < -0.3 is 10.6 Å². The Morgan fingerprint density at radius 2 is 1.35 bits per heavy atom. The zero-order valence-corrected chi connectivity index (χ0v) is 12.4. The minimum atomic E-state index is 0.227. The van der Waals surface area contributed by atoms with E-state index in [9.17, 15) is 4.79 Å². The van der Waals surface area contributed by atoms with Crippen molar-refractivity contribution in [3.8, 4) is 0 Å². The van der Waals surface area contributed by atoms with Gasteiger partial charge in [-0.3, -0.25) is 4.79 Å². The highest BCUT2D eigenvalue weighted by Gasteiger charge is 2.00. The average Bonchev–Trinajstić information content (AvgIpc) is 2.44. The fraction of sp³-hybridized carbons (Fsp3) is 0.786. The zero-order valence-electron chi connectivity index (χ0n) is 12.4. The van der Waals surface area contributed by atoms with Gasteiger partial charge in [-0.2, -0.15) is 0 Å². The Hall–Kier alpha value is -0.670. The Morgan fingerprint density at radius 3 is 1.41 bits per heavy atom. The van der Waals surface area contributed by atoms with Gasteiger partial charge in [0.15, 0.2) is 0 Å². The van der Waals surface area contributed by atoms with Crippen molar-refractivity contribution in [3.63, 3.8) is 0 Å². The number of piperazine rings is 1. The van der Waals surface area contributed by atoms with E-state index in [2.05, 4.69) is 23.8 Å². The molecule has 1 heterocycles. The number of nitrogens with one attached hydrogen (secondary N) is 2. The summed E-state index contributed by atoms with van der Waals surface area (Å²) in [6, 6.07) is 0. The van der Waals surface area contributed by atoms with Crippen LogP contribution in [0.4, 0.5) is 0 Å². The van der Waals surface area contributed by atoms with E-state index in [0.717, 1.165) is 26.2 Å². The molecule has 0 aliphatic carbocycles. The summed E-state index contributed by atoms with van der Waals surface area (Å²) >= 11 is 0. The maximum atomic E-state index is 10.5. The van der Waals surface area contributed by atoms with Crippen molar-refractivity contribution in [1.82, 2.24) is 10.6 Å². The quantitative estimate of drug-likeness (QED) is 0.734. The van der Waals surface area contributed by atoms with E-state index in [1.165, 1.54) is 0 Å². The van der Waals surface area contributed by atoms with Crippen molar-refractivity contribution < 1.29 is 4.79 Å². The number of hydrogen-bond acceptors (Lipinski definition) is 3. The molecule has 1 aliphatic rings. The summed E-state index contributed by atoms with van der Waals surface area (Å²) < 4.78 is 0. The molecule has 0 aromatic carbocycles. The number of rotatable bonds is 2. The molecular weight excluding hydrogens is 212 g/mol. The van der Waals surface area contributed by atoms with E-state index in [1.54, 1.807) is 0 Å². The highest BCUT2D eigenvalue weighted by Crippen LogP contribution is 1.95. The van der Waals surface area contributed by atoms with Gasteiger partial charge in [0, 0.05) is 38.5 Å². The van der Waals surface area contributed by atoms with Crippen LogP contribution >= 0.6 is 0 Å². The third-order valence-corrected chi connectivity index (χ3v) is 1.95. The van der Waals surface area contributed by atoms with E-state index >= 15 is 0 Å². The Labute approximate surface area is 108 Å². The summed E-state index contributed by atoms with van der Waals surface area (Å²) in [6.45, 7) is 20.3. The molecule has 0 unspecified atom stereocenters. The fourth-order valence-electron chi connectivity index (χ4n) is 1.01. The van der Waals surface area contributed by atoms with Crippen LogP contribution in [0.1, 0.15) is 41.0 Å². The van der Waals surface area contributed by atoms with Gasteiger partial charge >= 0.3 is 0 Å². The average molecular weight is 244 g/mol. The van der Waals surface area contributed by atoms with Crippen LogP contribution in [-0.2, 0) is 4.79 Å². The first-order valence-electron chi connectivity index (χ1n) is 6.62. The van der Waals surface area contributed by atoms with E-state index < -0.39 is 0 Å². The van der Waals surface area contributed by atoms with Crippen molar-refractivity contribution in [2.75, 3.05) is 26.2 Å². The van der Waals surface area contributed by atoms with Crippen LogP contribution in [0.5, 0.6) is 0 Å². The Morgan fingerprint density at radius 1 is 1.06 bits per heavy atom. The molecule has 0 amide bonds. The second kappa shape index (κ2) is 20.7. The highest BCUT2D eigenvalue weighted by atomic mass is 16.1. The van der Waals surface area contributed by atoms with Gasteiger partial charge in [0.2, 0.25) is 0 Å². The van der Waals surface area contributed by atoms with Crippen LogP contribution in [0.2, 0.25) is 0 Å². The number of Topliss-reactive ketones (excluding diaryl/α,β-unsaturated/α-hetero) is 1. The van der Waals surface area contributed by atoms with Crippen LogP contribution in [0.3, 0.4) is 0 Å². The number of hydrogen-bond donors (Lipinski definition) is 2. The maximum absolute atomic E-state index is 10.5. The third kappa shape index (κ3) is 21.2. The van der Waals surface area contributed by atoms with Crippen molar-refractivity contribution >= 4 is 5.78 Å². The number of carbonyl (C=O) groups is 1. The van der Waals surface area contributed by atoms with Gasteiger partial charge in [0.1, 0.15) is 5.78 Å². The molecule has 3 heteroatoms. The molecule has 0 bridgehead atoms. The summed E-state index contributed by atoms with van der Waals surface area (Å²) in [4.78, 5) is 10.5. The molecule has 104 valence electrons. The lowest BCUT2D eigenvalue weighted by molar-refractivity contribution is -0.121. The van der Waals surface area contributed by atoms with Crippen LogP contribution in [-0.4, -0.2) is 32.0 Å². The predicted octanol–water partition coefficient (Wildman–Crippen LogP) is 2.63. The van der Waals surface area contributed by atoms with Crippen LogP contribution < -0.4 is 10.6 Å². The second-order valence-corrected chi connectivity index (χ2v) is 3.47. The Balaban J connectivity index is -0.000000179. The molecule has 2 N–H and O–H groups in total. The lowest BCUT2D eigenvalue weighted by atomic mass is 10.1. The van der Waals surface area contributed by atoms with Crippen molar-refractivity contribution in [1.29, 1.82) is 0 Å². The third-order valence-electron chi connectivity index (χ3n) is 1.95. The SMILES string of the molecule is C1CNCCN1.C=C.CC.CCC(=O)C(C)C. The van der Waals surface area contributed by atoms with Crippen LogP contribution in [0.25, 0.3) is 0 Å². The lowest BCUT2D eigenvalue weighted by Gasteiger charge is -2.11. The molecular formula is C14H32N2O. The fourth-order valence-corrected chi connectivity index (χ4v) is 1.01. The molecule has 1 aliphatic heterocycles. The lowest BCUT2D eigenvalue weighted by Crippen LogP contribution is -2.39. The molecule has 1 fully saturated rings. The number of ketones is 1. The summed E-state index contributed by atoms with van der Waals surface area (Å²) in [6.07, 6.45) is 0.678. The molecule has 0 atom stereocenters. The predicted molar refractivity (Wildman–Crippen MR) is 78.5 cm³/mol. The minimum Gasteiger partial charge on any atom is -0.314 e. The Kier molecular flexibility index (Phi) is 26.3. The molecule has 1 rings (SSSR count). The van der Waals surface area contributed by atoms with Gasteiger partial charge in [0.05, 0.1) is 0 Å². The smallest absolute Gasteiger partial charge is 0.135 e. The van der Waals surface area contributed by atoms with E-state index in [-0.39, 0.29) is 5.92 Å². The molecule has 0 radical (unpaired) electrons. The van der Waals surface area contributed by atoms with E-state index in [0.29, 0.717) is 12.2 Å². The van der Waals surface area contributed by atoms with Crippen LogP contribution in [0.15, 0.2) is 13.2 Å². The van der Waals surface area contributed by atoms with E-state index in [4.69, 9.17) is 0 Å². The zero-order chi connectivity index (χ0) is 14.1. The Bertz CT molecular complexity index is 132. The van der Waals surface area contributed by atoms with Gasteiger partial charge in [-0.25, -0.2) is 0 Å². The largest absolute Gasteiger partial charge is 0.314 e. The summed E-state index contributed by atoms with van der Waals surface area (Å²) in [5, 5.41) is 6.44. The van der Waals surface area contributed by atoms with Gasteiger partial charge in [-0.05, 0) is 0 Å². The first-order chi connectivity index (χ1) is 8.18. The van der Waals surface area contributed by atoms with Crippen molar-refractivity contribution in [2.45, 2.75) is 41.0 Å². The highest BCUT2D eigenvalue weighted by molar-refractivity contribution is 5.79. The molecule has 0 aromatic rings. The monoisotopic (exact) mass is 244 g/mol. The van der Waals surface area contributed by atoms with Crippen molar-refractivity contribution in [2.24, 2.45) is 5.92 Å². The van der Waals surface area contributed by atoms with Crippen molar-refractivity contribution in [3.05, 3.63) is 13.2 Å². The maximum Gasteiger partial charge on any atom is 0.135 e. The minimum absolute atomic E-state index is 0.227. The normalized spacial score (nSPS) is 13.1. The van der Waals surface area contributed by atoms with Crippen LogP contribution in [0, 0.1) is 5.92 Å². The summed E-state index contributed by atoms with van der Waals surface area (Å²) in [5.74, 6) is 0.574. The van der Waals surface area contributed by atoms with Gasteiger partial charge in [0.25, 0.3) is 0 Å². The second-order valence-electron chi connectivity index (χ2n) is 3.47. The molecule has 17 heavy (non-hydrogen) atoms. The molecule has 0 spiro atoms. The van der Waals surface area contributed by atoms with E-state index in [1.807, 2.05) is 34.6 Å².